The fraction of sp³-hybridized carbons (Fsp3) is 0.308. The van der Waals surface area contributed by atoms with Crippen LogP contribution in [-0.4, -0.2) is 38.2 Å². The maximum absolute atomic E-state index is 10.8. The first-order chi connectivity index (χ1) is 9.90. The Hall–Kier alpha value is -1.56. The molecule has 21 heavy (non-hydrogen) atoms. The van der Waals surface area contributed by atoms with Crippen molar-refractivity contribution in [1.82, 2.24) is 0 Å². The quantitative estimate of drug-likeness (QED) is 0.563. The van der Waals surface area contributed by atoms with Crippen molar-refractivity contribution >= 4 is 33.9 Å². The van der Waals surface area contributed by atoms with Crippen LogP contribution in [0, 0.1) is 0 Å². The number of primary amides is 1. The van der Waals surface area contributed by atoms with Crippen molar-refractivity contribution in [1.29, 1.82) is 0 Å². The Kier molecular flexibility index (Phi) is 9.45. The molecular formula is C13H16ClCuN3O3-. The van der Waals surface area contributed by atoms with Gasteiger partial charge in [-0.3, -0.25) is 9.79 Å². The zero-order valence-corrected chi connectivity index (χ0v) is 13.2. The molecule has 0 aromatic heterocycles. The molecule has 0 saturated heterocycles. The molecule has 1 rings (SSSR count). The number of benzene rings is 1. The molecule has 2 N–H and O–H groups in total. The van der Waals surface area contributed by atoms with Gasteiger partial charge in [0.25, 0.3) is 0 Å². The number of carbonyl (C=O) groups excluding carboxylic acids is 2. The fourth-order valence-electron chi connectivity index (χ4n) is 1.42. The Balaban J connectivity index is 0.00000191. The van der Waals surface area contributed by atoms with Gasteiger partial charge in [-0.25, -0.2) is 0 Å². The van der Waals surface area contributed by atoms with E-state index in [1.54, 1.807) is 12.1 Å². The van der Waals surface area contributed by atoms with Crippen LogP contribution in [0.4, 0.5) is 5.69 Å². The van der Waals surface area contributed by atoms with E-state index < -0.39 is 17.9 Å². The molecule has 0 heterocycles. The number of carboxylic acid groups (broad SMARTS) is 1. The van der Waals surface area contributed by atoms with Crippen LogP contribution in [0.2, 0.25) is 0 Å². The monoisotopic (exact) mass is 360 g/mol. The number of amides is 1. The van der Waals surface area contributed by atoms with Gasteiger partial charge in [-0.05, 0) is 17.7 Å². The van der Waals surface area contributed by atoms with Crippen molar-refractivity contribution in [2.24, 2.45) is 10.7 Å². The molecule has 0 fully saturated rings. The first-order valence-corrected chi connectivity index (χ1v) is 7.11. The topological polar surface area (TPSA) is 98.8 Å². The number of carbonyl (C=O) groups is 2. The van der Waals surface area contributed by atoms with Crippen LogP contribution >= 0.6 is 10.1 Å². The van der Waals surface area contributed by atoms with E-state index in [1.807, 2.05) is 31.1 Å². The normalized spacial score (nSPS) is 11.5. The molecule has 0 saturated carbocycles. The molecule has 120 valence electrons. The summed E-state index contributed by atoms with van der Waals surface area (Å²) < 4.78 is 0. The standard InChI is InChI=1S/C13H17N3O3.ClH.Cu/c1-16(2)10-5-3-9(4-6-10)8-15-11(13(18)19)7-12(14)17;;/h3-6,8,11H,7H2,1-2H3,(H2,14,17)(H,18,19);1H;/q;;+1/p-2. The van der Waals surface area contributed by atoms with Crippen LogP contribution in [0.3, 0.4) is 0 Å². The van der Waals surface area contributed by atoms with Gasteiger partial charge in [0.05, 0.1) is 18.4 Å². The number of rotatable bonds is 6. The van der Waals surface area contributed by atoms with Crippen LogP contribution in [0.5, 0.6) is 0 Å². The molecule has 0 aliphatic rings. The molecule has 1 atom stereocenters. The summed E-state index contributed by atoms with van der Waals surface area (Å²) in [5.74, 6) is -2.14. The average Bonchev–Trinajstić information content (AvgIpc) is 2.45. The molecule has 6 nitrogen and oxygen atoms in total. The number of hydrogen-bond acceptors (Lipinski definition) is 5. The Morgan fingerprint density at radius 3 is 2.29 bits per heavy atom. The predicted octanol–water partition coefficient (Wildman–Crippen LogP) is -0.148. The number of anilines is 1. The molecule has 1 unspecified atom stereocenters. The summed E-state index contributed by atoms with van der Waals surface area (Å²) in [6.45, 7) is 0. The van der Waals surface area contributed by atoms with Gasteiger partial charge in [-0.1, -0.05) is 12.1 Å². The minimum atomic E-state index is -1.42. The summed E-state index contributed by atoms with van der Waals surface area (Å²) in [5.41, 5.74) is 6.70. The first-order valence-electron chi connectivity index (χ1n) is 5.81. The molecule has 0 radical (unpaired) electrons. The van der Waals surface area contributed by atoms with Crippen LogP contribution in [0.15, 0.2) is 29.3 Å². The number of hydrogen-bond donors (Lipinski definition) is 1. The van der Waals surface area contributed by atoms with E-state index in [9.17, 15) is 14.7 Å². The molecule has 0 aliphatic heterocycles. The number of nitrogens with zero attached hydrogens (tertiary/aromatic N) is 2. The molecule has 0 aliphatic carbocycles. The molecule has 8 heteroatoms. The number of aliphatic imine (C=N–C) groups is 1. The van der Waals surface area contributed by atoms with E-state index in [2.05, 4.69) is 30.2 Å². The summed E-state index contributed by atoms with van der Waals surface area (Å²) in [6.07, 6.45) is 1.03. The predicted molar refractivity (Wildman–Crippen MR) is 76.8 cm³/mol. The van der Waals surface area contributed by atoms with E-state index >= 15 is 0 Å². The Labute approximate surface area is 136 Å². The van der Waals surface area contributed by atoms with Gasteiger partial charge in [0, 0.05) is 26.0 Å². The van der Waals surface area contributed by atoms with Crippen molar-refractivity contribution in [3.63, 3.8) is 0 Å². The number of halogens is 1. The van der Waals surface area contributed by atoms with E-state index in [1.165, 1.54) is 6.21 Å². The van der Waals surface area contributed by atoms with Crippen LogP contribution < -0.4 is 15.7 Å². The van der Waals surface area contributed by atoms with Gasteiger partial charge in [-0.15, -0.1) is 0 Å². The Morgan fingerprint density at radius 1 is 1.38 bits per heavy atom. The van der Waals surface area contributed by atoms with Crippen molar-refractivity contribution in [2.75, 3.05) is 19.0 Å². The van der Waals surface area contributed by atoms with Gasteiger partial charge in [0.1, 0.15) is 0 Å². The average molecular weight is 361 g/mol. The minimum absolute atomic E-state index is 0.366. The van der Waals surface area contributed by atoms with Gasteiger partial charge < -0.3 is 20.5 Å². The maximum atomic E-state index is 10.8. The molecule has 0 spiro atoms. The van der Waals surface area contributed by atoms with Gasteiger partial charge in [0.15, 0.2) is 0 Å². The van der Waals surface area contributed by atoms with E-state index in [0.29, 0.717) is 0 Å². The third-order valence-electron chi connectivity index (χ3n) is 2.48. The second kappa shape index (κ2) is 10.2. The van der Waals surface area contributed by atoms with Crippen LogP contribution in [0.25, 0.3) is 0 Å². The molecular weight excluding hydrogens is 345 g/mol. The van der Waals surface area contributed by atoms with E-state index in [-0.39, 0.29) is 6.42 Å². The Bertz CT molecular complexity index is 492. The molecule has 0 bridgehead atoms. The third-order valence-corrected chi connectivity index (χ3v) is 2.48. The van der Waals surface area contributed by atoms with Gasteiger partial charge in [0.2, 0.25) is 5.91 Å². The third kappa shape index (κ3) is 7.70. The van der Waals surface area contributed by atoms with Crippen molar-refractivity contribution in [2.45, 2.75) is 12.5 Å². The second-order valence-electron chi connectivity index (χ2n) is 4.27. The fourth-order valence-corrected chi connectivity index (χ4v) is 1.42. The summed E-state index contributed by atoms with van der Waals surface area (Å²) in [4.78, 5) is 27.2. The summed E-state index contributed by atoms with van der Waals surface area (Å²) in [5, 5.41) is 10.8. The van der Waals surface area contributed by atoms with Crippen molar-refractivity contribution in [3.05, 3.63) is 29.8 Å². The summed E-state index contributed by atoms with van der Waals surface area (Å²) >= 11 is 3.66. The van der Waals surface area contributed by atoms with E-state index in [0.717, 1.165) is 11.3 Å². The van der Waals surface area contributed by atoms with Gasteiger partial charge in [-0.2, -0.15) is 0 Å². The zero-order valence-electron chi connectivity index (χ0n) is 11.5. The van der Waals surface area contributed by atoms with Crippen LogP contribution in [0.1, 0.15) is 12.0 Å². The van der Waals surface area contributed by atoms with E-state index in [4.69, 9.17) is 5.73 Å². The summed E-state index contributed by atoms with van der Waals surface area (Å²) in [6, 6.07) is 6.11. The first kappa shape index (κ1) is 19.4. The summed E-state index contributed by atoms with van der Waals surface area (Å²) in [7, 11) is 8.04. The molecule has 1 amide bonds. The number of carboxylic acids is 1. The zero-order chi connectivity index (χ0) is 16.4. The Morgan fingerprint density at radius 2 is 1.90 bits per heavy atom. The van der Waals surface area contributed by atoms with Gasteiger partial charge >= 0.3 is 25.2 Å². The number of aliphatic carboxylic acids is 1. The molecule has 1 aromatic carbocycles. The SMILES string of the molecule is CN(C)c1ccc(C=NC(CC(N)=O)C(=O)[O-])cc1.[Cl][Cu]. The van der Waals surface area contributed by atoms with Crippen LogP contribution in [-0.2, 0) is 24.7 Å². The second-order valence-corrected chi connectivity index (χ2v) is 4.27. The van der Waals surface area contributed by atoms with Crippen molar-refractivity contribution < 1.29 is 29.8 Å². The molecule has 1 aromatic rings. The number of nitrogens with two attached hydrogens (primary N) is 1. The van der Waals surface area contributed by atoms with Crippen molar-refractivity contribution in [3.8, 4) is 0 Å².